The third kappa shape index (κ3) is 13.0. The Morgan fingerprint density at radius 2 is 1.21 bits per heavy atom. The molecule has 0 radical (unpaired) electrons. The Balaban J connectivity index is 0.000000484. The normalized spacial score (nSPS) is 9.48. The molecule has 52 heavy (non-hydrogen) atoms. The fourth-order valence-electron chi connectivity index (χ4n) is 4.46. The number of carbonyl (C=O) groups excluding carboxylic acids is 2. The van der Waals surface area contributed by atoms with Crippen LogP contribution in [0.15, 0.2) is 126 Å². The number of aromatic amines is 1. The van der Waals surface area contributed by atoms with Crippen molar-refractivity contribution < 1.29 is 119 Å². The molecular weight excluding hydrogens is 697 g/mol. The van der Waals surface area contributed by atoms with Gasteiger partial charge >= 0.3 is 94.6 Å². The average molecular weight is 727 g/mol. The van der Waals surface area contributed by atoms with E-state index in [9.17, 15) is 24.6 Å². The molecule has 6 aromatic rings. The molecule has 0 saturated carbocycles. The first-order chi connectivity index (χ1) is 23.3. The molecule has 0 unspecified atom stereocenters. The van der Waals surface area contributed by atoms with E-state index in [4.69, 9.17) is 4.74 Å². The van der Waals surface area contributed by atoms with E-state index >= 15 is 0 Å². The molecule has 248 valence electrons. The van der Waals surface area contributed by atoms with Gasteiger partial charge in [0.05, 0.1) is 18.8 Å². The SMILES string of the molecule is CCOC(=O)c1cnc(Nc2cccc(-c3ccccc3)c2)[nH]c1=O.O=C([O-])c1cnc(Nc2cccc(-c3ccccc3)c2)nc1[O-].[Na+].[Na+].[Na+].[OH-]. The largest absolute Gasteiger partial charge is 1.00 e. The monoisotopic (exact) mass is 726 g/mol. The molecule has 0 saturated heterocycles. The second-order valence-electron chi connectivity index (χ2n) is 10.0. The molecular formula is C36H29N6Na3O7. The van der Waals surface area contributed by atoms with Gasteiger partial charge in [0.25, 0.3) is 5.56 Å². The Morgan fingerprint density at radius 3 is 1.69 bits per heavy atom. The zero-order valence-electron chi connectivity index (χ0n) is 29.0. The quantitative estimate of drug-likeness (QED) is 0.0951. The summed E-state index contributed by atoms with van der Waals surface area (Å²) >= 11 is 0. The molecule has 0 aliphatic heterocycles. The number of anilines is 4. The molecule has 0 atom stereocenters. The molecule has 0 aliphatic rings. The van der Waals surface area contributed by atoms with Crippen LogP contribution in [0, 0.1) is 0 Å². The second-order valence-corrected chi connectivity index (χ2v) is 10.0. The van der Waals surface area contributed by atoms with Gasteiger partial charge < -0.3 is 35.9 Å². The summed E-state index contributed by atoms with van der Waals surface area (Å²) in [4.78, 5) is 48.3. The van der Waals surface area contributed by atoms with Gasteiger partial charge in [-0.15, -0.1) is 0 Å². The fraction of sp³-hybridized carbons (Fsp3) is 0.0556. The molecule has 0 bridgehead atoms. The van der Waals surface area contributed by atoms with Gasteiger partial charge in [0.15, 0.2) is 0 Å². The minimum atomic E-state index is -1.59. The molecule has 0 spiro atoms. The van der Waals surface area contributed by atoms with E-state index in [-0.39, 0.29) is 118 Å². The number of aromatic nitrogens is 4. The zero-order chi connectivity index (χ0) is 33.9. The van der Waals surface area contributed by atoms with Crippen LogP contribution in [-0.2, 0) is 4.74 Å². The number of rotatable bonds is 9. The van der Waals surface area contributed by atoms with Gasteiger partial charge in [-0.2, -0.15) is 0 Å². The molecule has 13 nitrogen and oxygen atoms in total. The number of hydrogen-bond acceptors (Lipinski definition) is 12. The minimum Gasteiger partial charge on any atom is -0.870 e. The number of carboxylic acid groups (broad SMARTS) is 1. The molecule has 16 heteroatoms. The number of hydrogen-bond donors (Lipinski definition) is 3. The van der Waals surface area contributed by atoms with Crippen molar-refractivity contribution in [3.8, 4) is 28.1 Å². The first-order valence-corrected chi connectivity index (χ1v) is 14.7. The maximum atomic E-state index is 12.0. The molecule has 4 aromatic carbocycles. The van der Waals surface area contributed by atoms with Gasteiger partial charge in [-0.3, -0.25) is 9.78 Å². The van der Waals surface area contributed by atoms with Crippen molar-refractivity contribution in [1.82, 2.24) is 19.9 Å². The van der Waals surface area contributed by atoms with Crippen LogP contribution >= 0.6 is 0 Å². The number of benzene rings is 4. The zero-order valence-corrected chi connectivity index (χ0v) is 35.0. The fourth-order valence-corrected chi connectivity index (χ4v) is 4.46. The summed E-state index contributed by atoms with van der Waals surface area (Å²) in [6.45, 7) is 1.87. The number of carbonyl (C=O) groups is 2. The Morgan fingerprint density at radius 1 is 0.712 bits per heavy atom. The predicted octanol–water partition coefficient (Wildman–Crippen LogP) is -4.48. The summed E-state index contributed by atoms with van der Waals surface area (Å²) in [6, 6.07) is 35.0. The molecule has 0 fully saturated rings. The third-order valence-corrected chi connectivity index (χ3v) is 6.73. The van der Waals surface area contributed by atoms with Crippen LogP contribution in [0.2, 0.25) is 0 Å². The maximum Gasteiger partial charge on any atom is 1.00 e. The number of nitrogens with zero attached hydrogens (tertiary/aromatic N) is 3. The summed E-state index contributed by atoms with van der Waals surface area (Å²) < 4.78 is 4.81. The number of carboxylic acids is 1. The number of nitrogens with one attached hydrogen (secondary N) is 3. The van der Waals surface area contributed by atoms with Crippen LogP contribution in [-0.4, -0.2) is 44.0 Å². The smallest absolute Gasteiger partial charge is 0.870 e. The Hall–Kier alpha value is -3.86. The summed E-state index contributed by atoms with van der Waals surface area (Å²) in [6.07, 6.45) is 2.15. The van der Waals surface area contributed by atoms with Crippen LogP contribution in [0.3, 0.4) is 0 Å². The van der Waals surface area contributed by atoms with Crippen LogP contribution in [0.5, 0.6) is 5.88 Å². The maximum absolute atomic E-state index is 12.0. The molecule has 2 heterocycles. The van der Waals surface area contributed by atoms with Crippen molar-refractivity contribution in [2.45, 2.75) is 6.92 Å². The van der Waals surface area contributed by atoms with E-state index in [1.54, 1.807) is 13.0 Å². The molecule has 4 N–H and O–H groups in total. The van der Waals surface area contributed by atoms with E-state index < -0.39 is 28.9 Å². The molecule has 6 rings (SSSR count). The van der Waals surface area contributed by atoms with E-state index in [0.29, 0.717) is 5.69 Å². The predicted molar refractivity (Wildman–Crippen MR) is 179 cm³/mol. The van der Waals surface area contributed by atoms with E-state index in [1.165, 1.54) is 6.20 Å². The molecule has 2 aromatic heterocycles. The Labute approximate surface area is 365 Å². The summed E-state index contributed by atoms with van der Waals surface area (Å²) in [5.74, 6) is -2.88. The van der Waals surface area contributed by atoms with Gasteiger partial charge in [-0.25, -0.2) is 19.7 Å². The van der Waals surface area contributed by atoms with Gasteiger partial charge in [0.2, 0.25) is 11.9 Å². The Kier molecular flexibility index (Phi) is 20.4. The first-order valence-electron chi connectivity index (χ1n) is 14.7. The summed E-state index contributed by atoms with van der Waals surface area (Å²) in [5, 5.41) is 28.1. The number of aromatic carboxylic acids is 1. The van der Waals surface area contributed by atoms with Crippen molar-refractivity contribution in [2.24, 2.45) is 0 Å². The molecule has 0 amide bonds. The van der Waals surface area contributed by atoms with E-state index in [1.807, 2.05) is 103 Å². The van der Waals surface area contributed by atoms with Crippen molar-refractivity contribution in [1.29, 1.82) is 0 Å². The van der Waals surface area contributed by atoms with Gasteiger partial charge in [-0.05, 0) is 53.4 Å². The molecule has 0 aliphatic carbocycles. The third-order valence-electron chi connectivity index (χ3n) is 6.73. The topological polar surface area (TPSA) is 215 Å². The summed E-state index contributed by atoms with van der Waals surface area (Å²) in [7, 11) is 0. The Bertz CT molecular complexity index is 2110. The van der Waals surface area contributed by atoms with Crippen LogP contribution < -0.4 is 115 Å². The second kappa shape index (κ2) is 22.9. The van der Waals surface area contributed by atoms with E-state index in [0.717, 1.165) is 34.1 Å². The standard InChI is InChI=1S/C19H17N3O3.C17H13N3O3.3Na.H2O/c1-2-25-18(24)16-12-20-19(22-17(16)23)21-15-10-6-9-14(11-15)13-7-4-3-5-8-13;21-15-14(16(22)23)10-18-17(20-15)19-13-8-4-7-12(9-13)11-5-2-1-3-6-11;;;;/h3-12H,2H2,1H3,(H2,20,21,22,23);1-10H,(H,22,23)(H2,18,19,20,21);;;;1H2/q;;3*+1;/p-3. The number of ether oxygens (including phenoxy) is 1. The van der Waals surface area contributed by atoms with Crippen molar-refractivity contribution in [3.05, 3.63) is 143 Å². The van der Waals surface area contributed by atoms with Gasteiger partial charge in [0.1, 0.15) is 5.56 Å². The van der Waals surface area contributed by atoms with Crippen molar-refractivity contribution in [2.75, 3.05) is 17.2 Å². The summed E-state index contributed by atoms with van der Waals surface area (Å²) in [5.41, 5.74) is 4.40. The minimum absolute atomic E-state index is 0. The van der Waals surface area contributed by atoms with Gasteiger partial charge in [0, 0.05) is 29.0 Å². The number of esters is 1. The van der Waals surface area contributed by atoms with Crippen LogP contribution in [0.25, 0.3) is 22.3 Å². The van der Waals surface area contributed by atoms with Crippen LogP contribution in [0.4, 0.5) is 23.3 Å². The first kappa shape index (κ1) is 46.2. The van der Waals surface area contributed by atoms with E-state index in [2.05, 4.69) is 30.6 Å². The average Bonchev–Trinajstić information content (AvgIpc) is 3.10. The number of H-pyrrole nitrogens is 1. The van der Waals surface area contributed by atoms with Crippen molar-refractivity contribution >= 4 is 35.2 Å². The van der Waals surface area contributed by atoms with Gasteiger partial charge in [-0.1, -0.05) is 84.9 Å². The van der Waals surface area contributed by atoms with Crippen LogP contribution in [0.1, 0.15) is 27.6 Å². The van der Waals surface area contributed by atoms with Crippen molar-refractivity contribution in [3.63, 3.8) is 0 Å².